The zero-order chi connectivity index (χ0) is 32.2. The topological polar surface area (TPSA) is 258 Å². The summed E-state index contributed by atoms with van der Waals surface area (Å²) in [7, 11) is 1.19. The Morgan fingerprint density at radius 3 is 1.70 bits per heavy atom. The van der Waals surface area contributed by atoms with Gasteiger partial charge in [-0.25, -0.2) is 0 Å². The number of phenols is 3. The molecule has 2 aliphatic rings. The monoisotopic (exact) mass is 624 g/mol. The first kappa shape index (κ1) is 31.6. The molecule has 2 fully saturated rings. The highest BCUT2D eigenvalue weighted by molar-refractivity contribution is 5.88. The molecule has 1 aromatic heterocycles. The molecule has 0 unspecified atom stereocenters. The van der Waals surface area contributed by atoms with E-state index in [1.54, 1.807) is 0 Å². The maximum atomic E-state index is 13.8. The molecule has 2 saturated heterocycles. The Morgan fingerprint density at radius 2 is 1.18 bits per heavy atom. The van der Waals surface area contributed by atoms with Crippen LogP contribution in [0.3, 0.4) is 0 Å². The van der Waals surface area contributed by atoms with Crippen molar-refractivity contribution in [3.05, 3.63) is 34.5 Å². The van der Waals surface area contributed by atoms with E-state index in [0.29, 0.717) is 0 Å². The minimum Gasteiger partial charge on any atom is -0.507 e. The average molecular weight is 625 g/mol. The molecule has 3 aromatic rings. The second kappa shape index (κ2) is 11.9. The van der Waals surface area contributed by atoms with E-state index < -0.39 is 101 Å². The largest absolute Gasteiger partial charge is 0.507 e. The van der Waals surface area contributed by atoms with Gasteiger partial charge in [0.1, 0.15) is 59.1 Å². The summed E-state index contributed by atoms with van der Waals surface area (Å²) in [4.78, 5) is 13.8. The molecule has 240 valence electrons. The summed E-state index contributed by atoms with van der Waals surface area (Å²) in [6, 6.07) is 4.25. The van der Waals surface area contributed by atoms with Crippen molar-refractivity contribution in [3.63, 3.8) is 0 Å². The van der Waals surface area contributed by atoms with Crippen LogP contribution in [0.1, 0.15) is 13.8 Å². The van der Waals surface area contributed by atoms with Gasteiger partial charge in [-0.05, 0) is 26.0 Å². The van der Waals surface area contributed by atoms with Crippen molar-refractivity contribution in [3.8, 4) is 45.8 Å². The molecule has 2 aromatic carbocycles. The molecule has 9 N–H and O–H groups in total. The maximum absolute atomic E-state index is 13.8. The molecule has 0 radical (unpaired) electrons. The van der Waals surface area contributed by atoms with Crippen LogP contribution in [0.15, 0.2) is 33.5 Å². The van der Waals surface area contributed by atoms with E-state index in [2.05, 4.69) is 0 Å². The fourth-order valence-electron chi connectivity index (χ4n) is 5.03. The van der Waals surface area contributed by atoms with Crippen molar-refractivity contribution in [2.24, 2.45) is 0 Å². The van der Waals surface area contributed by atoms with Crippen LogP contribution in [0, 0.1) is 0 Å². The Labute approximate surface area is 248 Å². The minimum absolute atomic E-state index is 0.142. The number of hydrogen-bond acceptors (Lipinski definition) is 16. The second-order valence-corrected chi connectivity index (χ2v) is 10.6. The summed E-state index contributed by atoms with van der Waals surface area (Å²) in [5.74, 6) is -3.44. The standard InChI is InChI=1S/C28H32O16/c1-8-17(32)20(35)22(37)27(40-8)42-11-6-12(29)16-15(7-11)43-24(10-4-13(30)25(39-3)14(31)5-10)26(19(16)34)44-28-23(38)21(36)18(33)9(2)41-28/h4-9,17-18,20-23,27-33,35-38H,1-3H3/t8-,9-,17-,18-,20-,21-,22-,23-,27+,28-/m0/s1. The molecule has 0 spiro atoms. The number of methoxy groups -OCH3 is 1. The van der Waals surface area contributed by atoms with Crippen LogP contribution in [0.25, 0.3) is 22.3 Å². The molecule has 0 amide bonds. The van der Waals surface area contributed by atoms with Gasteiger partial charge < -0.3 is 74.1 Å². The van der Waals surface area contributed by atoms with Crippen molar-refractivity contribution in [1.29, 1.82) is 0 Å². The first-order valence-corrected chi connectivity index (χ1v) is 13.4. The molecule has 0 saturated carbocycles. The predicted molar refractivity (Wildman–Crippen MR) is 145 cm³/mol. The summed E-state index contributed by atoms with van der Waals surface area (Å²) in [5, 5.41) is 92.4. The van der Waals surface area contributed by atoms with Crippen LogP contribution in [0.4, 0.5) is 0 Å². The van der Waals surface area contributed by atoms with E-state index in [-0.39, 0.29) is 22.6 Å². The summed E-state index contributed by atoms with van der Waals surface area (Å²) in [6.07, 6.45) is -15.0. The lowest BCUT2D eigenvalue weighted by molar-refractivity contribution is -0.268. The quantitative estimate of drug-likeness (QED) is 0.159. The van der Waals surface area contributed by atoms with E-state index in [1.807, 2.05) is 0 Å². The number of aliphatic hydroxyl groups is 6. The normalized spacial score (nSPS) is 32.4. The van der Waals surface area contributed by atoms with Gasteiger partial charge in [-0.2, -0.15) is 0 Å². The number of aromatic hydroxyl groups is 3. The zero-order valence-corrected chi connectivity index (χ0v) is 23.5. The van der Waals surface area contributed by atoms with E-state index in [0.717, 1.165) is 24.3 Å². The lowest BCUT2D eigenvalue weighted by Gasteiger charge is -2.39. The zero-order valence-electron chi connectivity index (χ0n) is 23.5. The third-order valence-corrected chi connectivity index (χ3v) is 7.53. The molecule has 44 heavy (non-hydrogen) atoms. The number of aliphatic hydroxyl groups excluding tert-OH is 6. The van der Waals surface area contributed by atoms with Crippen molar-refractivity contribution >= 4 is 11.0 Å². The van der Waals surface area contributed by atoms with Crippen LogP contribution in [0.5, 0.6) is 34.5 Å². The Hall–Kier alpha value is -3.87. The van der Waals surface area contributed by atoms with Gasteiger partial charge in [-0.15, -0.1) is 0 Å². The van der Waals surface area contributed by atoms with Gasteiger partial charge in [-0.1, -0.05) is 0 Å². The number of benzene rings is 2. The van der Waals surface area contributed by atoms with Gasteiger partial charge in [0.15, 0.2) is 17.3 Å². The fourth-order valence-corrected chi connectivity index (χ4v) is 5.03. The number of fused-ring (bicyclic) bond motifs is 1. The molecule has 10 atom stereocenters. The summed E-state index contributed by atoms with van der Waals surface area (Å²) >= 11 is 0. The van der Waals surface area contributed by atoms with Crippen molar-refractivity contribution in [1.82, 2.24) is 0 Å². The Morgan fingerprint density at radius 1 is 0.659 bits per heavy atom. The number of rotatable bonds is 6. The average Bonchev–Trinajstić information content (AvgIpc) is 2.97. The molecular weight excluding hydrogens is 592 g/mol. The van der Waals surface area contributed by atoms with E-state index in [1.165, 1.54) is 21.0 Å². The summed E-state index contributed by atoms with van der Waals surface area (Å²) in [6.45, 7) is 2.83. The lowest BCUT2D eigenvalue weighted by atomic mass is 10.00. The van der Waals surface area contributed by atoms with E-state index in [4.69, 9.17) is 28.1 Å². The first-order valence-electron chi connectivity index (χ1n) is 13.4. The fraction of sp³-hybridized carbons (Fsp3) is 0.464. The van der Waals surface area contributed by atoms with E-state index >= 15 is 0 Å². The molecule has 16 heteroatoms. The van der Waals surface area contributed by atoms with Gasteiger partial charge in [0, 0.05) is 17.7 Å². The van der Waals surface area contributed by atoms with Gasteiger partial charge >= 0.3 is 0 Å². The van der Waals surface area contributed by atoms with Gasteiger partial charge in [-0.3, -0.25) is 4.79 Å². The third kappa shape index (κ3) is 5.46. The first-order chi connectivity index (χ1) is 20.7. The van der Waals surface area contributed by atoms with Crippen molar-refractivity contribution in [2.45, 2.75) is 75.3 Å². The Balaban J connectivity index is 1.64. The maximum Gasteiger partial charge on any atom is 0.239 e. The van der Waals surface area contributed by atoms with Crippen LogP contribution in [0.2, 0.25) is 0 Å². The highest BCUT2D eigenvalue weighted by Crippen LogP contribution is 2.44. The van der Waals surface area contributed by atoms with Crippen molar-refractivity contribution in [2.75, 3.05) is 7.11 Å². The van der Waals surface area contributed by atoms with Crippen LogP contribution in [-0.2, 0) is 9.47 Å². The van der Waals surface area contributed by atoms with Crippen LogP contribution < -0.4 is 19.6 Å². The number of hydrogen-bond donors (Lipinski definition) is 9. The number of phenolic OH excluding ortho intramolecular Hbond substituents is 3. The highest BCUT2D eigenvalue weighted by Gasteiger charge is 2.45. The van der Waals surface area contributed by atoms with Crippen LogP contribution in [-0.4, -0.2) is 114 Å². The van der Waals surface area contributed by atoms with Gasteiger partial charge in [0.25, 0.3) is 0 Å². The third-order valence-electron chi connectivity index (χ3n) is 7.53. The SMILES string of the molecule is COc1c(O)cc(-c2oc3cc(O[C@H]4O[C@@H](C)[C@H](O)[C@H](O)[C@@H]4O)cc(O)c3c(=O)c2O[C@@H]2O[C@@H](C)[C@H](O)[C@H](O)[C@@H]2O)cc1O. The molecular formula is C28H32O16. The molecule has 16 nitrogen and oxygen atoms in total. The predicted octanol–water partition coefficient (Wildman–Crippen LogP) is -1.00. The Bertz CT molecular complexity index is 1570. The smallest absolute Gasteiger partial charge is 0.239 e. The molecule has 2 aliphatic heterocycles. The molecule has 0 aliphatic carbocycles. The van der Waals surface area contributed by atoms with Crippen LogP contribution >= 0.6 is 0 Å². The minimum atomic E-state index is -1.84. The number of ether oxygens (including phenoxy) is 5. The van der Waals surface area contributed by atoms with Gasteiger partial charge in [0.05, 0.1) is 19.3 Å². The van der Waals surface area contributed by atoms with E-state index in [9.17, 15) is 50.8 Å². The highest BCUT2D eigenvalue weighted by atomic mass is 16.7. The summed E-state index contributed by atoms with van der Waals surface area (Å²) < 4.78 is 33.0. The second-order valence-electron chi connectivity index (χ2n) is 10.6. The molecule has 3 heterocycles. The van der Waals surface area contributed by atoms with Crippen molar-refractivity contribution < 1.29 is 74.1 Å². The van der Waals surface area contributed by atoms with Gasteiger partial charge in [0.2, 0.25) is 29.5 Å². The summed E-state index contributed by atoms with van der Waals surface area (Å²) in [5.41, 5.74) is -1.49. The molecule has 0 bridgehead atoms. The lowest BCUT2D eigenvalue weighted by Crippen LogP contribution is -2.58. The molecule has 5 rings (SSSR count). The Kier molecular flexibility index (Phi) is 8.54.